The average Bonchev–Trinajstić information content (AvgIpc) is 3.25. The minimum Gasteiger partial charge on any atom is -0.271 e. The summed E-state index contributed by atoms with van der Waals surface area (Å²) in [5.41, 5.74) is 4.29. The number of nitrogens with one attached hydrogen (secondary N) is 1. The molecule has 6 nitrogen and oxygen atoms in total. The maximum atomic E-state index is 13.3. The fraction of sp³-hybridized carbons (Fsp3) is 0.143. The summed E-state index contributed by atoms with van der Waals surface area (Å²) in [6.45, 7) is 3.19. The van der Waals surface area contributed by atoms with Crippen LogP contribution in [-0.2, 0) is 14.8 Å². The van der Waals surface area contributed by atoms with E-state index in [1.54, 1.807) is 37.3 Å². The monoisotopic (exact) mass is 461 g/mol. The summed E-state index contributed by atoms with van der Waals surface area (Å²) in [7, 11) is -4.00. The molecule has 3 rings (SSSR count). The van der Waals surface area contributed by atoms with Gasteiger partial charge in [-0.05, 0) is 55.6 Å². The van der Waals surface area contributed by atoms with Crippen molar-refractivity contribution >= 4 is 50.3 Å². The second kappa shape index (κ2) is 9.42. The molecule has 0 aliphatic heterocycles. The molecule has 0 radical (unpaired) electrons. The highest BCUT2D eigenvalue weighted by molar-refractivity contribution is 7.92. The molecule has 0 unspecified atom stereocenters. The number of hydrogen-bond acceptors (Lipinski definition) is 5. The summed E-state index contributed by atoms with van der Waals surface area (Å²) in [6.07, 6.45) is 0. The van der Waals surface area contributed by atoms with E-state index in [1.807, 2.05) is 24.4 Å². The summed E-state index contributed by atoms with van der Waals surface area (Å²) >= 11 is 7.55. The molecule has 0 fully saturated rings. The lowest BCUT2D eigenvalue weighted by Gasteiger charge is -2.24. The van der Waals surface area contributed by atoms with E-state index in [0.29, 0.717) is 10.7 Å². The first-order valence-electron chi connectivity index (χ1n) is 8.99. The van der Waals surface area contributed by atoms with Gasteiger partial charge in [-0.1, -0.05) is 41.4 Å². The second-order valence-corrected chi connectivity index (χ2v) is 9.76. The highest BCUT2D eigenvalue weighted by Crippen LogP contribution is 2.26. The van der Waals surface area contributed by atoms with Gasteiger partial charge in [0.2, 0.25) is 0 Å². The Balaban J connectivity index is 1.89. The van der Waals surface area contributed by atoms with Crippen LogP contribution < -0.4 is 9.73 Å². The minimum atomic E-state index is -4.00. The Morgan fingerprint density at radius 2 is 1.87 bits per heavy atom. The van der Waals surface area contributed by atoms with Crippen molar-refractivity contribution in [2.45, 2.75) is 18.7 Å². The van der Waals surface area contributed by atoms with Gasteiger partial charge in [0.15, 0.2) is 0 Å². The normalized spacial score (nSPS) is 11.9. The molecule has 1 N–H and O–H groups in total. The van der Waals surface area contributed by atoms with E-state index in [0.717, 1.165) is 14.7 Å². The number of carbonyl (C=O) groups excluding carboxylic acids is 1. The lowest BCUT2D eigenvalue weighted by molar-refractivity contribution is -0.119. The molecule has 0 bridgehead atoms. The van der Waals surface area contributed by atoms with Crippen LogP contribution in [0, 0.1) is 6.92 Å². The van der Waals surface area contributed by atoms with Crippen molar-refractivity contribution in [2.24, 2.45) is 5.10 Å². The van der Waals surface area contributed by atoms with Crippen LogP contribution in [0.2, 0.25) is 5.02 Å². The number of thiophene rings is 1. The Morgan fingerprint density at radius 1 is 1.13 bits per heavy atom. The van der Waals surface area contributed by atoms with E-state index in [-0.39, 0.29) is 10.6 Å². The molecule has 0 saturated heterocycles. The van der Waals surface area contributed by atoms with Crippen molar-refractivity contribution in [3.05, 3.63) is 81.5 Å². The standard InChI is InChI=1S/C21H20ClN3O3S2/c1-15-8-10-19(11-9-15)30(27,28)25(18-6-3-5-17(22)13-18)14-21(26)24-23-16(2)20-7-4-12-29-20/h3-13H,14H2,1-2H3,(H,24,26)/b23-16-. The van der Waals surface area contributed by atoms with E-state index < -0.39 is 22.5 Å². The number of benzene rings is 2. The number of rotatable bonds is 7. The lowest BCUT2D eigenvalue weighted by atomic mass is 10.2. The molecule has 1 amide bonds. The fourth-order valence-corrected chi connectivity index (χ4v) is 4.91. The molecule has 0 aliphatic rings. The van der Waals surface area contributed by atoms with Crippen molar-refractivity contribution in [3.63, 3.8) is 0 Å². The van der Waals surface area contributed by atoms with Crippen LogP contribution in [0.25, 0.3) is 0 Å². The van der Waals surface area contributed by atoms with Gasteiger partial charge in [0.1, 0.15) is 6.54 Å². The maximum absolute atomic E-state index is 13.3. The van der Waals surface area contributed by atoms with Gasteiger partial charge in [-0.3, -0.25) is 9.10 Å². The first-order chi connectivity index (χ1) is 14.3. The van der Waals surface area contributed by atoms with Crippen LogP contribution in [0.15, 0.2) is 76.0 Å². The van der Waals surface area contributed by atoms with Crippen LogP contribution in [0.3, 0.4) is 0 Å². The van der Waals surface area contributed by atoms with Crippen molar-refractivity contribution < 1.29 is 13.2 Å². The quantitative estimate of drug-likeness (QED) is 0.417. The van der Waals surface area contributed by atoms with Crippen LogP contribution >= 0.6 is 22.9 Å². The first kappa shape index (κ1) is 22.0. The molecule has 2 aromatic carbocycles. The zero-order valence-electron chi connectivity index (χ0n) is 16.4. The van der Waals surface area contributed by atoms with Crippen molar-refractivity contribution in [2.75, 3.05) is 10.8 Å². The van der Waals surface area contributed by atoms with E-state index in [4.69, 9.17) is 11.6 Å². The van der Waals surface area contributed by atoms with E-state index in [1.165, 1.54) is 29.5 Å². The van der Waals surface area contributed by atoms with Crippen LogP contribution in [0.4, 0.5) is 5.69 Å². The first-order valence-corrected chi connectivity index (χ1v) is 11.7. The highest BCUT2D eigenvalue weighted by Gasteiger charge is 2.27. The van der Waals surface area contributed by atoms with Crippen LogP contribution in [0.5, 0.6) is 0 Å². The smallest absolute Gasteiger partial charge is 0.264 e. The molecule has 0 spiro atoms. The summed E-state index contributed by atoms with van der Waals surface area (Å²) in [5.74, 6) is -0.568. The predicted octanol–water partition coefficient (Wildman–Crippen LogP) is 4.45. The van der Waals surface area contributed by atoms with E-state index >= 15 is 0 Å². The third-order valence-electron chi connectivity index (χ3n) is 4.22. The van der Waals surface area contributed by atoms with E-state index in [2.05, 4.69) is 10.5 Å². The Hall–Kier alpha value is -2.68. The second-order valence-electron chi connectivity index (χ2n) is 6.51. The van der Waals surface area contributed by atoms with Gasteiger partial charge < -0.3 is 0 Å². The van der Waals surface area contributed by atoms with Gasteiger partial charge in [0.05, 0.1) is 16.3 Å². The topological polar surface area (TPSA) is 78.8 Å². The Bertz CT molecular complexity index is 1160. The minimum absolute atomic E-state index is 0.0825. The highest BCUT2D eigenvalue weighted by atomic mass is 35.5. The number of sulfonamides is 1. The molecule has 30 heavy (non-hydrogen) atoms. The zero-order valence-corrected chi connectivity index (χ0v) is 18.8. The summed E-state index contributed by atoms with van der Waals surface area (Å²) in [6, 6.07) is 16.6. The largest absolute Gasteiger partial charge is 0.271 e. The number of hydrazone groups is 1. The third-order valence-corrected chi connectivity index (χ3v) is 7.22. The molecule has 9 heteroatoms. The zero-order chi connectivity index (χ0) is 21.7. The fourth-order valence-electron chi connectivity index (χ4n) is 2.64. The molecule has 0 aliphatic carbocycles. The van der Waals surface area contributed by atoms with E-state index in [9.17, 15) is 13.2 Å². The predicted molar refractivity (Wildman–Crippen MR) is 122 cm³/mol. The van der Waals surface area contributed by atoms with Gasteiger partial charge in [-0.15, -0.1) is 11.3 Å². The number of amides is 1. The molecule has 0 saturated carbocycles. The Kier molecular flexibility index (Phi) is 6.91. The van der Waals surface area contributed by atoms with Crippen LogP contribution in [0.1, 0.15) is 17.4 Å². The molecule has 156 valence electrons. The van der Waals surface area contributed by atoms with Gasteiger partial charge in [-0.25, -0.2) is 13.8 Å². The van der Waals surface area contributed by atoms with Crippen LogP contribution in [-0.4, -0.2) is 26.6 Å². The summed E-state index contributed by atoms with van der Waals surface area (Å²) < 4.78 is 27.6. The number of carbonyl (C=O) groups is 1. The molecular weight excluding hydrogens is 442 g/mol. The van der Waals surface area contributed by atoms with Crippen molar-refractivity contribution in [1.29, 1.82) is 0 Å². The summed E-state index contributed by atoms with van der Waals surface area (Å²) in [4.78, 5) is 13.6. The number of anilines is 1. The number of aryl methyl sites for hydroxylation is 1. The van der Waals surface area contributed by atoms with Gasteiger partial charge in [0, 0.05) is 9.90 Å². The van der Waals surface area contributed by atoms with Crippen molar-refractivity contribution in [1.82, 2.24) is 5.43 Å². The number of halogens is 1. The molecule has 0 atom stereocenters. The number of hydrogen-bond donors (Lipinski definition) is 1. The SMILES string of the molecule is C/C(=N/NC(=O)CN(c1cccc(Cl)c1)S(=O)(=O)c1ccc(C)cc1)c1cccs1. The third kappa shape index (κ3) is 5.27. The average molecular weight is 462 g/mol. The molecular formula is C21H20ClN3O3S2. The maximum Gasteiger partial charge on any atom is 0.264 e. The Morgan fingerprint density at radius 3 is 2.50 bits per heavy atom. The Labute approximate surface area is 184 Å². The molecule has 1 heterocycles. The van der Waals surface area contributed by atoms with Gasteiger partial charge >= 0.3 is 0 Å². The van der Waals surface area contributed by atoms with Crippen molar-refractivity contribution in [3.8, 4) is 0 Å². The number of nitrogens with zero attached hydrogens (tertiary/aromatic N) is 2. The lowest BCUT2D eigenvalue weighted by Crippen LogP contribution is -2.39. The summed E-state index contributed by atoms with van der Waals surface area (Å²) in [5, 5.41) is 6.35. The van der Waals surface area contributed by atoms with Gasteiger partial charge in [-0.2, -0.15) is 5.10 Å². The van der Waals surface area contributed by atoms with Gasteiger partial charge in [0.25, 0.3) is 15.9 Å². The molecule has 1 aromatic heterocycles. The molecule has 3 aromatic rings.